The lowest BCUT2D eigenvalue weighted by molar-refractivity contribution is -0.149. The molecule has 7 heteroatoms. The molecule has 0 aliphatic heterocycles. The SMILES string of the molecule is CNCC(=O)OC(CCCCCCCCCC(=O)OCC(CCC(C)C)C(C)C)CCCCCCCCCC(=O)OCC(CCC(C)C)C(C)C. The summed E-state index contributed by atoms with van der Waals surface area (Å²) < 4.78 is 17.1. The fraction of sp³-hybridized carbons (Fsp3) is 0.932. The van der Waals surface area contributed by atoms with Gasteiger partial charge in [0, 0.05) is 12.8 Å². The number of nitrogens with one attached hydrogen (secondary N) is 1. The van der Waals surface area contributed by atoms with Crippen LogP contribution in [0.1, 0.15) is 197 Å². The first-order valence-electron chi connectivity index (χ1n) is 21.5. The summed E-state index contributed by atoms with van der Waals surface area (Å²) in [7, 11) is 1.77. The number of likely N-dealkylation sites (N-methyl/N-ethyl adjacent to an activating group) is 1. The third-order valence-electron chi connectivity index (χ3n) is 10.5. The zero-order valence-electron chi connectivity index (χ0n) is 35.2. The molecular formula is C44H85NO6. The highest BCUT2D eigenvalue weighted by Crippen LogP contribution is 2.23. The van der Waals surface area contributed by atoms with E-state index < -0.39 is 0 Å². The highest BCUT2D eigenvalue weighted by atomic mass is 16.5. The number of carbonyl (C=O) groups is 3. The fourth-order valence-electron chi connectivity index (χ4n) is 6.54. The molecule has 0 saturated carbocycles. The Morgan fingerprint density at radius 3 is 1.14 bits per heavy atom. The quantitative estimate of drug-likeness (QED) is 0.0395. The molecular weight excluding hydrogens is 638 g/mol. The molecule has 0 fully saturated rings. The van der Waals surface area contributed by atoms with Crippen molar-refractivity contribution in [2.45, 2.75) is 203 Å². The lowest BCUT2D eigenvalue weighted by Gasteiger charge is -2.21. The summed E-state index contributed by atoms with van der Waals surface area (Å²) >= 11 is 0. The van der Waals surface area contributed by atoms with Crippen LogP contribution in [0.25, 0.3) is 0 Å². The van der Waals surface area contributed by atoms with Crippen molar-refractivity contribution in [1.29, 1.82) is 0 Å². The number of ether oxygens (including phenoxy) is 3. The summed E-state index contributed by atoms with van der Waals surface area (Å²) in [5, 5.41) is 2.91. The van der Waals surface area contributed by atoms with Gasteiger partial charge in [0.05, 0.1) is 19.8 Å². The molecule has 0 aliphatic rings. The normalized spacial score (nSPS) is 13.6. The van der Waals surface area contributed by atoms with E-state index in [1.807, 2.05) is 0 Å². The van der Waals surface area contributed by atoms with Crippen molar-refractivity contribution < 1.29 is 28.6 Å². The van der Waals surface area contributed by atoms with E-state index in [9.17, 15) is 14.4 Å². The van der Waals surface area contributed by atoms with Crippen LogP contribution in [0.4, 0.5) is 0 Å². The van der Waals surface area contributed by atoms with E-state index in [0.717, 1.165) is 89.9 Å². The van der Waals surface area contributed by atoms with Gasteiger partial charge in [0.1, 0.15) is 6.10 Å². The predicted octanol–water partition coefficient (Wildman–Crippen LogP) is 11.6. The van der Waals surface area contributed by atoms with E-state index in [1.165, 1.54) is 38.5 Å². The summed E-state index contributed by atoms with van der Waals surface area (Å²) in [6.07, 6.45) is 23.0. The van der Waals surface area contributed by atoms with Crippen molar-refractivity contribution in [3.63, 3.8) is 0 Å². The van der Waals surface area contributed by atoms with Crippen molar-refractivity contribution >= 4 is 17.9 Å². The second-order valence-electron chi connectivity index (χ2n) is 17.0. The topological polar surface area (TPSA) is 90.9 Å². The average molecular weight is 724 g/mol. The van der Waals surface area contributed by atoms with E-state index in [1.54, 1.807) is 7.05 Å². The maximum Gasteiger partial charge on any atom is 0.320 e. The van der Waals surface area contributed by atoms with Gasteiger partial charge in [-0.1, -0.05) is 132 Å². The molecule has 0 amide bonds. The predicted molar refractivity (Wildman–Crippen MR) is 214 cm³/mol. The van der Waals surface area contributed by atoms with Crippen molar-refractivity contribution in [2.75, 3.05) is 26.8 Å². The van der Waals surface area contributed by atoms with Gasteiger partial charge < -0.3 is 19.5 Å². The van der Waals surface area contributed by atoms with E-state index in [2.05, 4.69) is 60.7 Å². The minimum atomic E-state index is -0.162. The third kappa shape index (κ3) is 31.6. The zero-order valence-corrected chi connectivity index (χ0v) is 35.2. The highest BCUT2D eigenvalue weighted by Gasteiger charge is 2.18. The summed E-state index contributed by atoms with van der Waals surface area (Å²) in [5.74, 6) is 3.12. The first-order chi connectivity index (χ1) is 24.3. The number of hydrogen-bond donors (Lipinski definition) is 1. The van der Waals surface area contributed by atoms with Crippen LogP contribution in [0, 0.1) is 35.5 Å². The van der Waals surface area contributed by atoms with Gasteiger partial charge in [0.15, 0.2) is 0 Å². The standard InChI is InChI=1S/C44H85NO6/c1-35(2)28-30-39(37(5)6)33-49-42(46)26-22-18-14-10-12-16-20-24-41(51-44(48)32-45-9)25-21-17-13-11-15-19-23-27-43(47)50-34-40(38(7)8)31-29-36(3)4/h35-41,45H,10-34H2,1-9H3. The molecule has 302 valence electrons. The summed E-state index contributed by atoms with van der Waals surface area (Å²) in [4.78, 5) is 36.7. The van der Waals surface area contributed by atoms with E-state index in [4.69, 9.17) is 14.2 Å². The molecule has 0 radical (unpaired) electrons. The van der Waals surface area contributed by atoms with Gasteiger partial charge in [-0.15, -0.1) is 0 Å². The molecule has 0 bridgehead atoms. The number of hydrogen-bond acceptors (Lipinski definition) is 7. The van der Waals surface area contributed by atoms with Crippen molar-refractivity contribution in [3.8, 4) is 0 Å². The number of esters is 3. The number of unbranched alkanes of at least 4 members (excludes halogenated alkanes) is 12. The van der Waals surface area contributed by atoms with Crippen LogP contribution in [-0.4, -0.2) is 50.8 Å². The molecule has 1 N–H and O–H groups in total. The molecule has 2 unspecified atom stereocenters. The van der Waals surface area contributed by atoms with Gasteiger partial charge >= 0.3 is 17.9 Å². The fourth-order valence-corrected chi connectivity index (χ4v) is 6.54. The molecule has 0 saturated heterocycles. The van der Waals surface area contributed by atoms with Gasteiger partial charge in [-0.3, -0.25) is 14.4 Å². The van der Waals surface area contributed by atoms with Crippen LogP contribution in [-0.2, 0) is 28.6 Å². The third-order valence-corrected chi connectivity index (χ3v) is 10.5. The van der Waals surface area contributed by atoms with Gasteiger partial charge in [-0.25, -0.2) is 0 Å². The van der Waals surface area contributed by atoms with Crippen LogP contribution in [0.2, 0.25) is 0 Å². The average Bonchev–Trinajstić information content (AvgIpc) is 3.05. The monoisotopic (exact) mass is 724 g/mol. The van der Waals surface area contributed by atoms with Gasteiger partial charge in [0.25, 0.3) is 0 Å². The lowest BCUT2D eigenvalue weighted by atomic mass is 9.89. The van der Waals surface area contributed by atoms with Crippen LogP contribution < -0.4 is 5.32 Å². The van der Waals surface area contributed by atoms with E-state index in [0.29, 0.717) is 61.6 Å². The summed E-state index contributed by atoms with van der Waals surface area (Å²) in [6, 6.07) is 0. The Kier molecular flexibility index (Phi) is 31.9. The van der Waals surface area contributed by atoms with Gasteiger partial charge in [0.2, 0.25) is 0 Å². The number of carbonyl (C=O) groups excluding carboxylic acids is 3. The van der Waals surface area contributed by atoms with Crippen LogP contribution in [0.15, 0.2) is 0 Å². The van der Waals surface area contributed by atoms with E-state index in [-0.39, 0.29) is 30.6 Å². The van der Waals surface area contributed by atoms with Crippen LogP contribution in [0.5, 0.6) is 0 Å². The zero-order chi connectivity index (χ0) is 38.3. The largest absolute Gasteiger partial charge is 0.465 e. The highest BCUT2D eigenvalue weighted by molar-refractivity contribution is 5.71. The minimum absolute atomic E-state index is 0.00390. The summed E-state index contributed by atoms with van der Waals surface area (Å²) in [5.41, 5.74) is 0. The van der Waals surface area contributed by atoms with Crippen molar-refractivity contribution in [1.82, 2.24) is 5.32 Å². The first-order valence-corrected chi connectivity index (χ1v) is 21.5. The minimum Gasteiger partial charge on any atom is -0.465 e. The Morgan fingerprint density at radius 2 is 0.804 bits per heavy atom. The number of rotatable bonds is 35. The molecule has 51 heavy (non-hydrogen) atoms. The molecule has 0 heterocycles. The van der Waals surface area contributed by atoms with Crippen LogP contribution in [0.3, 0.4) is 0 Å². The maximum atomic E-state index is 12.2. The summed E-state index contributed by atoms with van der Waals surface area (Å²) in [6.45, 7) is 19.3. The van der Waals surface area contributed by atoms with Gasteiger partial charge in [-0.2, -0.15) is 0 Å². The second-order valence-corrected chi connectivity index (χ2v) is 17.0. The molecule has 0 rings (SSSR count). The molecule has 0 aliphatic carbocycles. The Balaban J connectivity index is 4.04. The Bertz CT molecular complexity index is 783. The van der Waals surface area contributed by atoms with Crippen molar-refractivity contribution in [3.05, 3.63) is 0 Å². The molecule has 0 spiro atoms. The van der Waals surface area contributed by atoms with E-state index >= 15 is 0 Å². The first kappa shape index (κ1) is 49.4. The Labute approximate surface area is 316 Å². The molecule has 0 aromatic heterocycles. The molecule has 0 aromatic carbocycles. The lowest BCUT2D eigenvalue weighted by Crippen LogP contribution is -2.26. The molecule has 2 atom stereocenters. The Morgan fingerprint density at radius 1 is 0.451 bits per heavy atom. The molecule has 7 nitrogen and oxygen atoms in total. The second kappa shape index (κ2) is 33.0. The van der Waals surface area contributed by atoms with Gasteiger partial charge in [-0.05, 0) is 93.9 Å². The maximum absolute atomic E-state index is 12.2. The molecule has 0 aromatic rings. The van der Waals surface area contributed by atoms with Crippen LogP contribution >= 0.6 is 0 Å². The Hall–Kier alpha value is -1.63. The smallest absolute Gasteiger partial charge is 0.320 e. The van der Waals surface area contributed by atoms with Crippen molar-refractivity contribution in [2.24, 2.45) is 35.5 Å².